The molecular formula is C15H25N3. The third-order valence-corrected chi connectivity index (χ3v) is 4.66. The average Bonchev–Trinajstić information content (AvgIpc) is 2.98. The van der Waals surface area contributed by atoms with Crippen molar-refractivity contribution in [2.24, 2.45) is 11.8 Å². The maximum absolute atomic E-state index is 4.41. The molecule has 1 aliphatic heterocycles. The van der Waals surface area contributed by atoms with Crippen molar-refractivity contribution in [2.75, 3.05) is 6.54 Å². The second-order valence-corrected chi connectivity index (χ2v) is 6.45. The summed E-state index contributed by atoms with van der Waals surface area (Å²) in [5.74, 6) is 1.70. The Kier molecular flexibility index (Phi) is 3.42. The molecule has 1 aliphatic carbocycles. The maximum atomic E-state index is 4.41. The highest BCUT2D eigenvalue weighted by atomic mass is 15.1. The third-order valence-electron chi connectivity index (χ3n) is 4.66. The number of hydrogen-bond donors (Lipinski definition) is 1. The highest BCUT2D eigenvalue weighted by molar-refractivity contribution is 5.09. The van der Waals surface area contributed by atoms with Crippen molar-refractivity contribution < 1.29 is 0 Å². The van der Waals surface area contributed by atoms with Crippen LogP contribution in [-0.4, -0.2) is 16.1 Å². The Morgan fingerprint density at radius 1 is 1.22 bits per heavy atom. The summed E-state index contributed by atoms with van der Waals surface area (Å²) in [6.45, 7) is 5.95. The van der Waals surface area contributed by atoms with E-state index in [2.05, 4.69) is 41.2 Å². The maximum Gasteiger partial charge on any atom is 0.0951 e. The van der Waals surface area contributed by atoms with Crippen molar-refractivity contribution in [3.63, 3.8) is 0 Å². The van der Waals surface area contributed by atoms with E-state index in [1.165, 1.54) is 37.8 Å². The Balaban J connectivity index is 1.81. The molecule has 1 saturated heterocycles. The quantitative estimate of drug-likeness (QED) is 0.869. The molecule has 18 heavy (non-hydrogen) atoms. The number of hydrogen-bond acceptors (Lipinski definition) is 2. The Hall–Kier alpha value is -0.830. The molecule has 0 radical (unpaired) electrons. The van der Waals surface area contributed by atoms with Crippen LogP contribution in [0.25, 0.3) is 0 Å². The second-order valence-electron chi connectivity index (χ2n) is 6.45. The Morgan fingerprint density at radius 2 is 2.00 bits per heavy atom. The second kappa shape index (κ2) is 5.04. The van der Waals surface area contributed by atoms with Gasteiger partial charge in [0.05, 0.1) is 12.0 Å². The van der Waals surface area contributed by atoms with Gasteiger partial charge in [-0.05, 0) is 50.5 Å². The van der Waals surface area contributed by atoms with E-state index in [-0.39, 0.29) is 0 Å². The molecule has 1 saturated carbocycles. The number of nitrogens with one attached hydrogen (secondary N) is 1. The van der Waals surface area contributed by atoms with Gasteiger partial charge in [0.1, 0.15) is 0 Å². The minimum absolute atomic E-state index is 0.542. The Labute approximate surface area is 110 Å². The molecule has 0 aromatic carbocycles. The fourth-order valence-electron chi connectivity index (χ4n) is 3.96. The first-order chi connectivity index (χ1) is 8.74. The van der Waals surface area contributed by atoms with Crippen LogP contribution < -0.4 is 5.32 Å². The van der Waals surface area contributed by atoms with Crippen molar-refractivity contribution in [3.05, 3.63) is 18.2 Å². The summed E-state index contributed by atoms with van der Waals surface area (Å²) in [7, 11) is 0. The summed E-state index contributed by atoms with van der Waals surface area (Å²) in [6.07, 6.45) is 10.7. The minimum Gasteiger partial charge on any atom is -0.330 e. The van der Waals surface area contributed by atoms with Crippen LogP contribution >= 0.6 is 0 Å². The lowest BCUT2D eigenvalue weighted by atomic mass is 9.80. The van der Waals surface area contributed by atoms with E-state index in [0.29, 0.717) is 12.1 Å². The van der Waals surface area contributed by atoms with Crippen LogP contribution in [0, 0.1) is 11.8 Å². The van der Waals surface area contributed by atoms with Crippen molar-refractivity contribution in [1.29, 1.82) is 0 Å². The molecule has 3 atom stereocenters. The molecule has 1 aromatic rings. The average molecular weight is 247 g/mol. The van der Waals surface area contributed by atoms with E-state index < -0.39 is 0 Å². The van der Waals surface area contributed by atoms with Crippen molar-refractivity contribution in [3.8, 4) is 0 Å². The van der Waals surface area contributed by atoms with Crippen LogP contribution in [-0.2, 0) is 0 Å². The lowest BCUT2D eigenvalue weighted by Gasteiger charge is -2.33. The summed E-state index contributed by atoms with van der Waals surface area (Å²) >= 11 is 0. The molecule has 2 aliphatic rings. The number of nitrogens with zero attached hydrogens (tertiary/aromatic N) is 2. The predicted octanol–water partition coefficient (Wildman–Crippen LogP) is 3.30. The van der Waals surface area contributed by atoms with Gasteiger partial charge in [-0.2, -0.15) is 0 Å². The van der Waals surface area contributed by atoms with Crippen molar-refractivity contribution in [2.45, 2.75) is 58.0 Å². The number of imidazole rings is 1. The van der Waals surface area contributed by atoms with Gasteiger partial charge in [0.2, 0.25) is 0 Å². The molecular weight excluding hydrogens is 222 g/mol. The number of aromatic nitrogens is 2. The summed E-state index contributed by atoms with van der Waals surface area (Å²) in [5, 5.41) is 3.60. The van der Waals surface area contributed by atoms with Gasteiger partial charge < -0.3 is 9.88 Å². The normalized spacial score (nSPS) is 37.0. The van der Waals surface area contributed by atoms with E-state index in [1.54, 1.807) is 0 Å². The summed E-state index contributed by atoms with van der Waals surface area (Å²) in [5.41, 5.74) is 1.42. The van der Waals surface area contributed by atoms with Crippen LogP contribution in [0.15, 0.2) is 12.5 Å². The molecule has 3 nitrogen and oxygen atoms in total. The van der Waals surface area contributed by atoms with Gasteiger partial charge in [0, 0.05) is 18.3 Å². The van der Waals surface area contributed by atoms with E-state index in [0.717, 1.165) is 18.4 Å². The van der Waals surface area contributed by atoms with E-state index >= 15 is 0 Å². The highest BCUT2D eigenvalue weighted by Crippen LogP contribution is 2.37. The van der Waals surface area contributed by atoms with Crippen molar-refractivity contribution >= 4 is 0 Å². The largest absolute Gasteiger partial charge is 0.330 e. The first-order valence-corrected chi connectivity index (χ1v) is 7.49. The molecule has 3 heteroatoms. The lowest BCUT2D eigenvalue weighted by Crippen LogP contribution is -2.25. The minimum atomic E-state index is 0.542. The Bertz CT molecular complexity index is 382. The van der Waals surface area contributed by atoms with Crippen LogP contribution in [0.2, 0.25) is 0 Å². The van der Waals surface area contributed by atoms with Gasteiger partial charge in [0.15, 0.2) is 0 Å². The molecule has 100 valence electrons. The molecule has 2 fully saturated rings. The molecule has 0 spiro atoms. The van der Waals surface area contributed by atoms with E-state index in [4.69, 9.17) is 0 Å². The third kappa shape index (κ3) is 2.33. The topological polar surface area (TPSA) is 29.9 Å². The molecule has 1 N–H and O–H groups in total. The fourth-order valence-corrected chi connectivity index (χ4v) is 3.96. The SMILES string of the molecule is CC1CC(C)CC(n2cncc2C2CCCN2)C1. The summed E-state index contributed by atoms with van der Waals surface area (Å²) < 4.78 is 2.47. The van der Waals surface area contributed by atoms with Crippen LogP contribution in [0.5, 0.6) is 0 Å². The fraction of sp³-hybridized carbons (Fsp3) is 0.800. The summed E-state index contributed by atoms with van der Waals surface area (Å²) in [4.78, 5) is 4.41. The van der Waals surface area contributed by atoms with Gasteiger partial charge in [-0.25, -0.2) is 4.98 Å². The zero-order valence-corrected chi connectivity index (χ0v) is 11.6. The molecule has 3 rings (SSSR count). The monoisotopic (exact) mass is 247 g/mol. The van der Waals surface area contributed by atoms with E-state index in [1.807, 2.05) is 0 Å². The van der Waals surface area contributed by atoms with Crippen molar-refractivity contribution in [1.82, 2.24) is 14.9 Å². The zero-order valence-electron chi connectivity index (χ0n) is 11.6. The summed E-state index contributed by atoms with van der Waals surface area (Å²) in [6, 6.07) is 1.21. The lowest BCUT2D eigenvalue weighted by molar-refractivity contribution is 0.216. The molecule has 0 amide bonds. The molecule has 3 unspecified atom stereocenters. The van der Waals surface area contributed by atoms with E-state index in [9.17, 15) is 0 Å². The predicted molar refractivity (Wildman–Crippen MR) is 73.4 cm³/mol. The van der Waals surface area contributed by atoms with Gasteiger partial charge in [-0.1, -0.05) is 13.8 Å². The van der Waals surface area contributed by atoms with Crippen LogP contribution in [0.3, 0.4) is 0 Å². The van der Waals surface area contributed by atoms with Crippen LogP contribution in [0.4, 0.5) is 0 Å². The first kappa shape index (κ1) is 12.2. The van der Waals surface area contributed by atoms with Gasteiger partial charge in [0.25, 0.3) is 0 Å². The Morgan fingerprint density at radius 3 is 2.67 bits per heavy atom. The highest BCUT2D eigenvalue weighted by Gasteiger charge is 2.28. The van der Waals surface area contributed by atoms with Gasteiger partial charge >= 0.3 is 0 Å². The number of rotatable bonds is 2. The zero-order chi connectivity index (χ0) is 12.5. The molecule has 0 bridgehead atoms. The smallest absolute Gasteiger partial charge is 0.0951 e. The molecule has 2 heterocycles. The van der Waals surface area contributed by atoms with Gasteiger partial charge in [-0.15, -0.1) is 0 Å². The standard InChI is InChI=1S/C15H25N3/c1-11-6-12(2)8-13(7-11)18-10-16-9-15(18)14-4-3-5-17-14/h9-14,17H,3-8H2,1-2H3. The molecule has 1 aromatic heterocycles. The first-order valence-electron chi connectivity index (χ1n) is 7.49. The van der Waals surface area contributed by atoms with Crippen LogP contribution in [0.1, 0.15) is 63.7 Å². The van der Waals surface area contributed by atoms with Gasteiger partial charge in [-0.3, -0.25) is 0 Å².